The Labute approximate surface area is 118 Å². The van der Waals surface area contributed by atoms with Crippen molar-refractivity contribution in [2.75, 3.05) is 0 Å². The highest BCUT2D eigenvalue weighted by atomic mass is 16.1. The van der Waals surface area contributed by atoms with E-state index in [1.807, 2.05) is 0 Å². The maximum atomic E-state index is 12.0. The summed E-state index contributed by atoms with van der Waals surface area (Å²) in [5.74, 6) is 0.303. The minimum absolute atomic E-state index is 0.303. The Kier molecular flexibility index (Phi) is 2.29. The van der Waals surface area contributed by atoms with Crippen molar-refractivity contribution in [2.45, 2.75) is 26.7 Å². The van der Waals surface area contributed by atoms with E-state index in [-0.39, 0.29) is 0 Å². The van der Waals surface area contributed by atoms with Gasteiger partial charge in [0.15, 0.2) is 5.78 Å². The second kappa shape index (κ2) is 3.92. The quantitative estimate of drug-likeness (QED) is 0.534. The summed E-state index contributed by atoms with van der Waals surface area (Å²) in [5, 5.41) is 5.22. The summed E-state index contributed by atoms with van der Waals surface area (Å²) in [5.41, 5.74) is 4.72. The van der Waals surface area contributed by atoms with Gasteiger partial charge in [-0.3, -0.25) is 4.79 Å². The monoisotopic (exact) mass is 260 g/mol. The molecule has 0 radical (unpaired) electrons. The maximum absolute atomic E-state index is 12.0. The molecule has 0 amide bonds. The fourth-order valence-electron chi connectivity index (χ4n) is 3.68. The Morgan fingerprint density at radius 3 is 2.50 bits per heavy atom. The van der Waals surface area contributed by atoms with Crippen LogP contribution in [0.4, 0.5) is 0 Å². The molecule has 1 nitrogen and oxygen atoms in total. The fourth-order valence-corrected chi connectivity index (χ4v) is 3.68. The van der Waals surface area contributed by atoms with Crippen LogP contribution in [0, 0.1) is 13.8 Å². The number of carbonyl (C=O) groups excluding carboxylic acids is 1. The molecular weight excluding hydrogens is 244 g/mol. The smallest absolute Gasteiger partial charge is 0.163 e. The van der Waals surface area contributed by atoms with Crippen LogP contribution in [0.3, 0.4) is 0 Å². The highest BCUT2D eigenvalue weighted by Gasteiger charge is 2.24. The highest BCUT2D eigenvalue weighted by Crippen LogP contribution is 2.38. The molecule has 98 valence electrons. The number of rotatable bonds is 0. The van der Waals surface area contributed by atoms with Gasteiger partial charge in [0, 0.05) is 12.0 Å². The number of aryl methyl sites for hydroxylation is 3. The molecule has 1 heteroatoms. The first kappa shape index (κ1) is 11.7. The molecule has 20 heavy (non-hydrogen) atoms. The third-order valence-electron chi connectivity index (χ3n) is 4.53. The predicted octanol–water partition coefficient (Wildman–Crippen LogP) is 4.74. The van der Waals surface area contributed by atoms with E-state index in [0.717, 1.165) is 12.0 Å². The van der Waals surface area contributed by atoms with Gasteiger partial charge < -0.3 is 0 Å². The van der Waals surface area contributed by atoms with Gasteiger partial charge in [-0.1, -0.05) is 30.3 Å². The van der Waals surface area contributed by atoms with Crippen LogP contribution in [-0.2, 0) is 6.42 Å². The number of ketones is 1. The first-order chi connectivity index (χ1) is 9.66. The lowest BCUT2D eigenvalue weighted by molar-refractivity contribution is 0.0994. The van der Waals surface area contributed by atoms with Crippen molar-refractivity contribution in [3.05, 3.63) is 58.7 Å². The van der Waals surface area contributed by atoms with E-state index in [1.54, 1.807) is 0 Å². The summed E-state index contributed by atoms with van der Waals surface area (Å²) in [4.78, 5) is 12.0. The van der Waals surface area contributed by atoms with Gasteiger partial charge in [0.2, 0.25) is 0 Å². The van der Waals surface area contributed by atoms with Gasteiger partial charge in [-0.25, -0.2) is 0 Å². The van der Waals surface area contributed by atoms with Gasteiger partial charge >= 0.3 is 0 Å². The van der Waals surface area contributed by atoms with Crippen LogP contribution in [-0.4, -0.2) is 5.78 Å². The number of Topliss-reactive ketones (excluding diaryl/α,β-unsaturated/α-hetero) is 1. The van der Waals surface area contributed by atoms with Crippen molar-refractivity contribution in [2.24, 2.45) is 0 Å². The van der Waals surface area contributed by atoms with Crippen molar-refractivity contribution in [1.29, 1.82) is 0 Å². The van der Waals surface area contributed by atoms with E-state index in [0.29, 0.717) is 12.2 Å². The summed E-state index contributed by atoms with van der Waals surface area (Å²) in [7, 11) is 0. The molecule has 1 aliphatic carbocycles. The molecule has 0 heterocycles. The molecule has 0 atom stereocenters. The zero-order valence-corrected chi connectivity index (χ0v) is 11.8. The molecule has 0 aliphatic heterocycles. The summed E-state index contributed by atoms with van der Waals surface area (Å²) in [6.45, 7) is 4.29. The molecule has 3 aromatic carbocycles. The molecule has 0 spiro atoms. The molecule has 0 aromatic heterocycles. The van der Waals surface area contributed by atoms with E-state index in [2.05, 4.69) is 50.2 Å². The summed E-state index contributed by atoms with van der Waals surface area (Å²) >= 11 is 0. The van der Waals surface area contributed by atoms with Gasteiger partial charge in [0.1, 0.15) is 0 Å². The molecule has 4 rings (SSSR count). The van der Waals surface area contributed by atoms with E-state index >= 15 is 0 Å². The third kappa shape index (κ3) is 1.41. The summed E-state index contributed by atoms with van der Waals surface area (Å²) < 4.78 is 0. The molecule has 0 unspecified atom stereocenters. The number of carbonyl (C=O) groups is 1. The Bertz CT molecular complexity index is 887. The van der Waals surface area contributed by atoms with Crippen LogP contribution in [0.25, 0.3) is 21.5 Å². The zero-order chi connectivity index (χ0) is 13.9. The van der Waals surface area contributed by atoms with Crippen LogP contribution in [0.1, 0.15) is 33.5 Å². The largest absolute Gasteiger partial charge is 0.294 e. The first-order valence-corrected chi connectivity index (χ1v) is 7.14. The van der Waals surface area contributed by atoms with Crippen molar-refractivity contribution in [3.8, 4) is 0 Å². The molecule has 0 saturated carbocycles. The minimum atomic E-state index is 0.303. The fraction of sp³-hybridized carbons (Fsp3) is 0.211. The minimum Gasteiger partial charge on any atom is -0.294 e. The predicted molar refractivity (Wildman–Crippen MR) is 83.6 cm³/mol. The van der Waals surface area contributed by atoms with Crippen molar-refractivity contribution in [3.63, 3.8) is 0 Å². The van der Waals surface area contributed by atoms with E-state index in [1.165, 1.54) is 38.2 Å². The van der Waals surface area contributed by atoms with E-state index in [4.69, 9.17) is 0 Å². The molecule has 1 aliphatic rings. The molecular formula is C19H16O. The van der Waals surface area contributed by atoms with Crippen LogP contribution in [0.2, 0.25) is 0 Å². The number of fused-ring (bicyclic) bond motifs is 5. The van der Waals surface area contributed by atoms with Gasteiger partial charge in [-0.2, -0.15) is 0 Å². The van der Waals surface area contributed by atoms with Gasteiger partial charge in [0.25, 0.3) is 0 Å². The van der Waals surface area contributed by atoms with Gasteiger partial charge in [-0.15, -0.1) is 0 Å². The normalized spacial score (nSPS) is 14.2. The SMILES string of the molecule is Cc1cc2ccccc2c2c(C)cc3c(c12)CCC3=O. The van der Waals surface area contributed by atoms with Crippen LogP contribution in [0.15, 0.2) is 36.4 Å². The lowest BCUT2D eigenvalue weighted by Crippen LogP contribution is -1.96. The Morgan fingerprint density at radius 1 is 0.900 bits per heavy atom. The third-order valence-corrected chi connectivity index (χ3v) is 4.53. The van der Waals surface area contributed by atoms with Crippen molar-refractivity contribution in [1.82, 2.24) is 0 Å². The van der Waals surface area contributed by atoms with Crippen LogP contribution < -0.4 is 0 Å². The molecule has 0 N–H and O–H groups in total. The first-order valence-electron chi connectivity index (χ1n) is 7.14. The number of hydrogen-bond acceptors (Lipinski definition) is 1. The second-order valence-corrected chi connectivity index (χ2v) is 5.81. The standard InChI is InChI=1S/C19H16O/c1-11-9-13-5-3-4-6-14(13)18-12(2)10-16-15(19(11)18)7-8-17(16)20/h3-6,9-10H,7-8H2,1-2H3. The lowest BCUT2D eigenvalue weighted by Gasteiger charge is -2.14. The Morgan fingerprint density at radius 2 is 1.65 bits per heavy atom. The second-order valence-electron chi connectivity index (χ2n) is 5.81. The van der Waals surface area contributed by atoms with E-state index < -0.39 is 0 Å². The summed E-state index contributed by atoms with van der Waals surface area (Å²) in [6, 6.07) is 12.9. The number of hydrogen-bond donors (Lipinski definition) is 0. The molecule has 0 bridgehead atoms. The van der Waals surface area contributed by atoms with Crippen molar-refractivity contribution >= 4 is 27.3 Å². The highest BCUT2D eigenvalue weighted by molar-refractivity contribution is 6.15. The average molecular weight is 260 g/mol. The van der Waals surface area contributed by atoms with Gasteiger partial charge in [0.05, 0.1) is 0 Å². The van der Waals surface area contributed by atoms with Crippen molar-refractivity contribution < 1.29 is 4.79 Å². The van der Waals surface area contributed by atoms with Gasteiger partial charge in [-0.05, 0) is 64.6 Å². The van der Waals surface area contributed by atoms with E-state index in [9.17, 15) is 4.79 Å². The summed E-state index contributed by atoms with van der Waals surface area (Å²) in [6.07, 6.45) is 1.56. The maximum Gasteiger partial charge on any atom is 0.163 e. The zero-order valence-electron chi connectivity index (χ0n) is 11.8. The van der Waals surface area contributed by atoms with Crippen LogP contribution in [0.5, 0.6) is 0 Å². The van der Waals surface area contributed by atoms with Crippen LogP contribution >= 0.6 is 0 Å². The average Bonchev–Trinajstić information content (AvgIpc) is 2.80. The molecule has 0 saturated heterocycles. The molecule has 0 fully saturated rings. The Hall–Kier alpha value is -2.15. The Balaban J connectivity index is 2.31. The number of benzene rings is 3. The lowest BCUT2D eigenvalue weighted by atomic mass is 9.89. The topological polar surface area (TPSA) is 17.1 Å². The molecule has 3 aromatic rings.